The zero-order valence-corrected chi connectivity index (χ0v) is 21.0. The Morgan fingerprint density at radius 3 is 2.08 bits per heavy atom. The van der Waals surface area contributed by atoms with Crippen LogP contribution in [0.2, 0.25) is 11.6 Å². The summed E-state index contributed by atoms with van der Waals surface area (Å²) >= 11 is 0. The molecule has 6 unspecified atom stereocenters. The SMILES string of the molecule is c1ccc2c(c1)Oc1cccc3c1c-2cc1ccc(B(C2CC4CCC2C4)C2CC4CCC2C4)cc13. The third kappa shape index (κ3) is 2.79. The summed E-state index contributed by atoms with van der Waals surface area (Å²) in [4.78, 5) is 0. The molecule has 4 aromatic carbocycles. The van der Waals surface area contributed by atoms with E-state index in [0.717, 1.165) is 53.5 Å². The lowest BCUT2D eigenvalue weighted by molar-refractivity contribution is 0.441. The van der Waals surface area contributed by atoms with Crippen LogP contribution in [-0.2, 0) is 0 Å². The van der Waals surface area contributed by atoms with E-state index in [1.165, 1.54) is 84.0 Å². The van der Waals surface area contributed by atoms with Crippen molar-refractivity contribution >= 4 is 33.7 Å². The first-order chi connectivity index (χ1) is 17.8. The maximum atomic E-state index is 6.41. The second-order valence-electron chi connectivity index (χ2n) is 12.9. The maximum Gasteiger partial charge on any atom is 0.182 e. The van der Waals surface area contributed by atoms with Gasteiger partial charge in [-0.25, -0.2) is 0 Å². The van der Waals surface area contributed by atoms with Gasteiger partial charge < -0.3 is 4.74 Å². The van der Waals surface area contributed by atoms with Crippen LogP contribution >= 0.6 is 0 Å². The molecule has 1 nitrogen and oxygen atoms in total. The van der Waals surface area contributed by atoms with E-state index in [2.05, 4.69) is 66.7 Å². The zero-order valence-electron chi connectivity index (χ0n) is 21.0. The van der Waals surface area contributed by atoms with E-state index in [1.807, 2.05) is 0 Å². The Morgan fingerprint density at radius 1 is 0.611 bits per heavy atom. The van der Waals surface area contributed by atoms with Crippen molar-refractivity contribution in [1.82, 2.24) is 0 Å². The van der Waals surface area contributed by atoms with E-state index < -0.39 is 0 Å². The van der Waals surface area contributed by atoms with Gasteiger partial charge in [0.1, 0.15) is 11.5 Å². The van der Waals surface area contributed by atoms with Gasteiger partial charge in [0, 0.05) is 10.9 Å². The van der Waals surface area contributed by atoms with Gasteiger partial charge in [0.05, 0.1) is 0 Å². The van der Waals surface area contributed by atoms with Gasteiger partial charge in [0.25, 0.3) is 0 Å². The van der Waals surface area contributed by atoms with Crippen LogP contribution in [0.5, 0.6) is 11.5 Å². The Morgan fingerprint density at radius 2 is 1.36 bits per heavy atom. The number of rotatable bonds is 3. The minimum absolute atomic E-state index is 0.766. The molecule has 0 radical (unpaired) electrons. The second-order valence-corrected chi connectivity index (χ2v) is 12.9. The van der Waals surface area contributed by atoms with Crippen LogP contribution in [-0.4, -0.2) is 6.71 Å². The fourth-order valence-corrected chi connectivity index (χ4v) is 9.87. The van der Waals surface area contributed by atoms with Crippen LogP contribution in [0, 0.1) is 23.7 Å². The first-order valence-corrected chi connectivity index (χ1v) is 14.6. The molecule has 4 aromatic rings. The Kier molecular flexibility index (Phi) is 4.18. The monoisotopic (exact) mass is 468 g/mol. The molecule has 6 atom stereocenters. The molecular formula is C34H33BO. The van der Waals surface area contributed by atoms with Gasteiger partial charge in [-0.3, -0.25) is 0 Å². The summed E-state index contributed by atoms with van der Waals surface area (Å²) < 4.78 is 6.41. The Hall–Kier alpha value is -2.74. The van der Waals surface area contributed by atoms with E-state index >= 15 is 0 Å². The van der Waals surface area contributed by atoms with E-state index in [9.17, 15) is 0 Å². The summed E-state index contributed by atoms with van der Waals surface area (Å²) in [6.45, 7) is 0.766. The van der Waals surface area contributed by atoms with Crippen LogP contribution < -0.4 is 10.2 Å². The van der Waals surface area contributed by atoms with Gasteiger partial charge in [0.15, 0.2) is 6.71 Å². The van der Waals surface area contributed by atoms with Crippen molar-refractivity contribution < 1.29 is 4.74 Å². The van der Waals surface area contributed by atoms with E-state index in [4.69, 9.17) is 4.74 Å². The average Bonchev–Trinajstić information content (AvgIpc) is 3.72. The standard InChI is InChI=1S/C34H33BO/c1-2-6-32-26(4-1)29-18-22-12-13-25(19-28(22)27-5-3-7-33(36-32)34(27)29)35(30-16-20-8-10-23(30)14-20)31-17-21-9-11-24(31)15-21/h1-7,12-13,18-21,23-24,30-31H,8-11,14-17H2. The molecule has 0 saturated heterocycles. The highest BCUT2D eigenvalue weighted by molar-refractivity contribution is 6.76. The van der Waals surface area contributed by atoms with E-state index in [0.29, 0.717) is 0 Å². The van der Waals surface area contributed by atoms with Gasteiger partial charge in [0.2, 0.25) is 0 Å². The van der Waals surface area contributed by atoms with Gasteiger partial charge >= 0.3 is 0 Å². The van der Waals surface area contributed by atoms with Crippen molar-refractivity contribution in [2.24, 2.45) is 23.7 Å². The highest BCUT2D eigenvalue weighted by Gasteiger charge is 2.52. The highest BCUT2D eigenvalue weighted by Crippen LogP contribution is 2.60. The molecule has 0 aromatic heterocycles. The van der Waals surface area contributed by atoms with Gasteiger partial charge in [-0.1, -0.05) is 104 Å². The molecule has 9 rings (SSSR count). The topological polar surface area (TPSA) is 9.23 Å². The third-order valence-corrected chi connectivity index (χ3v) is 11.3. The van der Waals surface area contributed by atoms with Crippen LogP contribution in [0.1, 0.15) is 51.4 Å². The summed E-state index contributed by atoms with van der Waals surface area (Å²) in [5, 5.41) is 5.44. The molecule has 0 N–H and O–H groups in total. The predicted molar refractivity (Wildman–Crippen MR) is 151 cm³/mol. The molecule has 2 heteroatoms. The number of fused-ring (bicyclic) bond motifs is 8. The minimum Gasteiger partial charge on any atom is -0.456 e. The summed E-state index contributed by atoms with van der Waals surface area (Å²) in [5.41, 5.74) is 4.19. The molecule has 4 saturated carbocycles. The Labute approximate surface area is 214 Å². The number of benzene rings is 4. The third-order valence-electron chi connectivity index (χ3n) is 11.3. The van der Waals surface area contributed by atoms with Crippen LogP contribution in [0.3, 0.4) is 0 Å². The van der Waals surface area contributed by atoms with Crippen LogP contribution in [0.25, 0.3) is 32.7 Å². The molecule has 1 heterocycles. The lowest BCUT2D eigenvalue weighted by Gasteiger charge is -2.36. The first kappa shape index (κ1) is 20.3. The molecule has 0 spiro atoms. The molecule has 5 aliphatic rings. The maximum absolute atomic E-state index is 6.41. The lowest BCUT2D eigenvalue weighted by Crippen LogP contribution is -2.43. The largest absolute Gasteiger partial charge is 0.456 e. The minimum atomic E-state index is 0.766. The lowest BCUT2D eigenvalue weighted by atomic mass is 9.27. The molecule has 1 aliphatic heterocycles. The number of hydrogen-bond donors (Lipinski definition) is 0. The van der Waals surface area contributed by atoms with Gasteiger partial charge in [-0.05, 0) is 76.4 Å². The first-order valence-electron chi connectivity index (χ1n) is 14.6. The molecule has 4 fully saturated rings. The smallest absolute Gasteiger partial charge is 0.182 e. The van der Waals surface area contributed by atoms with E-state index in [1.54, 1.807) is 5.46 Å². The quantitative estimate of drug-likeness (QED) is 0.190. The molecular weight excluding hydrogens is 435 g/mol. The molecule has 4 bridgehead atoms. The highest BCUT2D eigenvalue weighted by atomic mass is 16.5. The summed E-state index contributed by atoms with van der Waals surface area (Å²) in [5.74, 6) is 7.81. The second kappa shape index (κ2) is 7.40. The van der Waals surface area contributed by atoms with Crippen molar-refractivity contribution in [3.05, 3.63) is 66.7 Å². The Balaban J connectivity index is 1.24. The number of ether oxygens (including phenoxy) is 1. The van der Waals surface area contributed by atoms with Crippen LogP contribution in [0.15, 0.2) is 66.7 Å². The normalized spacial score (nSPS) is 31.2. The van der Waals surface area contributed by atoms with Crippen molar-refractivity contribution in [3.63, 3.8) is 0 Å². The fourth-order valence-electron chi connectivity index (χ4n) is 9.87. The van der Waals surface area contributed by atoms with Gasteiger partial charge in [-0.15, -0.1) is 0 Å². The van der Waals surface area contributed by atoms with Crippen molar-refractivity contribution in [1.29, 1.82) is 0 Å². The van der Waals surface area contributed by atoms with Crippen molar-refractivity contribution in [2.45, 2.75) is 63.0 Å². The number of para-hydroxylation sites is 1. The van der Waals surface area contributed by atoms with Crippen LogP contribution in [0.4, 0.5) is 0 Å². The fraction of sp³-hybridized carbons (Fsp3) is 0.412. The Bertz CT molecular complexity index is 1510. The number of hydrogen-bond acceptors (Lipinski definition) is 1. The summed E-state index contributed by atoms with van der Waals surface area (Å²) in [7, 11) is 0. The molecule has 36 heavy (non-hydrogen) atoms. The molecule has 4 aliphatic carbocycles. The van der Waals surface area contributed by atoms with Crippen molar-refractivity contribution in [2.75, 3.05) is 0 Å². The predicted octanol–water partition coefficient (Wildman–Crippen LogP) is 8.85. The molecule has 0 amide bonds. The molecule has 178 valence electrons. The average molecular weight is 468 g/mol. The van der Waals surface area contributed by atoms with E-state index in [-0.39, 0.29) is 0 Å². The summed E-state index contributed by atoms with van der Waals surface area (Å²) in [6.07, 6.45) is 12.0. The zero-order chi connectivity index (χ0) is 23.4. The summed E-state index contributed by atoms with van der Waals surface area (Å²) in [6, 6.07) is 25.2. The van der Waals surface area contributed by atoms with Gasteiger partial charge in [-0.2, -0.15) is 0 Å². The van der Waals surface area contributed by atoms with Crippen molar-refractivity contribution in [3.8, 4) is 22.6 Å².